The number of halogens is 6. The fraction of sp³-hybridized carbons (Fsp3) is 0.538. The Morgan fingerprint density at radius 1 is 1.19 bits per heavy atom. The van der Waals surface area contributed by atoms with Gasteiger partial charge in [-0.05, 0) is 18.2 Å². The van der Waals surface area contributed by atoms with Gasteiger partial charge in [-0.3, -0.25) is 4.90 Å². The summed E-state index contributed by atoms with van der Waals surface area (Å²) in [5.41, 5.74) is -1.19. The van der Waals surface area contributed by atoms with Gasteiger partial charge < -0.3 is 5.32 Å². The number of hydrogen-bond acceptors (Lipinski definition) is 2. The Labute approximate surface area is 125 Å². The van der Waals surface area contributed by atoms with Gasteiger partial charge in [-0.25, -0.2) is 8.78 Å². The van der Waals surface area contributed by atoms with Crippen molar-refractivity contribution in [1.29, 1.82) is 0 Å². The molecule has 0 aromatic heterocycles. The van der Waals surface area contributed by atoms with E-state index in [0.717, 1.165) is 6.07 Å². The third-order valence-corrected chi connectivity index (χ3v) is 3.42. The van der Waals surface area contributed by atoms with Crippen molar-refractivity contribution in [2.24, 2.45) is 0 Å². The van der Waals surface area contributed by atoms with Crippen LogP contribution in [0.25, 0.3) is 0 Å². The molecule has 8 heteroatoms. The highest BCUT2D eigenvalue weighted by Crippen LogP contribution is 2.33. The van der Waals surface area contributed by atoms with Crippen LogP contribution in [0.3, 0.4) is 0 Å². The summed E-state index contributed by atoms with van der Waals surface area (Å²) in [5, 5.41) is 3.06. The lowest BCUT2D eigenvalue weighted by Gasteiger charge is -2.34. The maximum atomic E-state index is 13.8. The van der Waals surface area contributed by atoms with E-state index in [-0.39, 0.29) is 18.0 Å². The zero-order chi connectivity index (χ0) is 14.8. The van der Waals surface area contributed by atoms with Crippen LogP contribution in [0.5, 0.6) is 0 Å². The highest BCUT2D eigenvalue weighted by molar-refractivity contribution is 5.85. The molecule has 0 aliphatic carbocycles. The van der Waals surface area contributed by atoms with Crippen molar-refractivity contribution in [3.8, 4) is 0 Å². The van der Waals surface area contributed by atoms with Gasteiger partial charge >= 0.3 is 6.18 Å². The van der Waals surface area contributed by atoms with Crippen LogP contribution in [0.15, 0.2) is 18.2 Å². The summed E-state index contributed by atoms with van der Waals surface area (Å²) in [6.07, 6.45) is -4.56. The average Bonchev–Trinajstić information content (AvgIpc) is 2.41. The number of alkyl halides is 4. The predicted octanol–water partition coefficient (Wildman–Crippen LogP) is 3.18. The molecule has 120 valence electrons. The summed E-state index contributed by atoms with van der Waals surface area (Å²) in [4.78, 5) is 1.66. The molecule has 1 aliphatic rings. The van der Waals surface area contributed by atoms with Gasteiger partial charge in [0.1, 0.15) is 12.5 Å². The molecule has 0 spiro atoms. The van der Waals surface area contributed by atoms with Crippen molar-refractivity contribution < 1.29 is 22.0 Å². The van der Waals surface area contributed by atoms with Crippen molar-refractivity contribution in [2.45, 2.75) is 12.2 Å². The van der Waals surface area contributed by atoms with Gasteiger partial charge in [-0.1, -0.05) is 0 Å². The summed E-state index contributed by atoms with van der Waals surface area (Å²) in [7, 11) is 0. The molecule has 0 unspecified atom stereocenters. The van der Waals surface area contributed by atoms with Crippen LogP contribution in [-0.2, 0) is 6.18 Å². The number of hydrogen-bond donors (Lipinski definition) is 1. The maximum Gasteiger partial charge on any atom is 0.416 e. The van der Waals surface area contributed by atoms with Crippen LogP contribution in [0, 0.1) is 5.82 Å². The van der Waals surface area contributed by atoms with E-state index in [1.807, 2.05) is 0 Å². The van der Waals surface area contributed by atoms with Gasteiger partial charge in [-0.15, -0.1) is 12.4 Å². The Bertz CT molecular complexity index is 460. The molecule has 1 fully saturated rings. The van der Waals surface area contributed by atoms with Crippen LogP contribution in [-0.4, -0.2) is 37.8 Å². The van der Waals surface area contributed by atoms with Crippen LogP contribution >= 0.6 is 12.4 Å². The number of piperazine rings is 1. The Kier molecular flexibility index (Phi) is 6.37. The topological polar surface area (TPSA) is 15.3 Å². The lowest BCUT2D eigenvalue weighted by molar-refractivity contribution is -0.137. The summed E-state index contributed by atoms with van der Waals surface area (Å²) >= 11 is 0. The van der Waals surface area contributed by atoms with Crippen LogP contribution < -0.4 is 5.32 Å². The van der Waals surface area contributed by atoms with E-state index in [9.17, 15) is 22.0 Å². The van der Waals surface area contributed by atoms with E-state index >= 15 is 0 Å². The standard InChI is InChI=1S/C13H15F5N2.ClH/c14-8-12(20-5-3-19-4-6-20)10-7-9(13(16,17)18)1-2-11(10)15;/h1-2,7,12,19H,3-6,8H2;1H/t12-;/m0./s1. The Morgan fingerprint density at radius 3 is 2.33 bits per heavy atom. The van der Waals surface area contributed by atoms with Crippen molar-refractivity contribution in [1.82, 2.24) is 10.2 Å². The van der Waals surface area contributed by atoms with Crippen molar-refractivity contribution in [2.75, 3.05) is 32.9 Å². The first-order valence-electron chi connectivity index (χ1n) is 6.31. The van der Waals surface area contributed by atoms with Crippen molar-refractivity contribution >= 4 is 12.4 Å². The average molecular weight is 331 g/mol. The molecule has 1 atom stereocenters. The molecule has 1 N–H and O–H groups in total. The second-order valence-corrected chi connectivity index (χ2v) is 4.69. The molecule has 0 bridgehead atoms. The first-order chi connectivity index (χ1) is 9.43. The fourth-order valence-corrected chi connectivity index (χ4v) is 2.35. The predicted molar refractivity (Wildman–Crippen MR) is 71.8 cm³/mol. The SMILES string of the molecule is Cl.FC[C@@H](c1cc(C(F)(F)F)ccc1F)N1CCNCC1. The molecule has 1 saturated heterocycles. The van der Waals surface area contributed by atoms with Gasteiger partial charge in [0.25, 0.3) is 0 Å². The summed E-state index contributed by atoms with van der Waals surface area (Å²) in [6, 6.07) is 1.16. The second kappa shape index (κ2) is 7.38. The molecule has 1 aromatic rings. The fourth-order valence-electron chi connectivity index (χ4n) is 2.35. The van der Waals surface area contributed by atoms with E-state index in [1.165, 1.54) is 0 Å². The van der Waals surface area contributed by atoms with Gasteiger partial charge in [0.15, 0.2) is 0 Å². The van der Waals surface area contributed by atoms with Gasteiger partial charge in [0.05, 0.1) is 11.6 Å². The molecule has 21 heavy (non-hydrogen) atoms. The molecule has 2 nitrogen and oxygen atoms in total. The molecule has 0 radical (unpaired) electrons. The highest BCUT2D eigenvalue weighted by Gasteiger charge is 2.33. The maximum absolute atomic E-state index is 13.8. The second-order valence-electron chi connectivity index (χ2n) is 4.69. The number of nitrogens with zero attached hydrogens (tertiary/aromatic N) is 1. The third kappa shape index (κ3) is 4.28. The minimum absolute atomic E-state index is 0. The van der Waals surface area contributed by atoms with E-state index in [1.54, 1.807) is 4.90 Å². The van der Waals surface area contributed by atoms with Crippen molar-refractivity contribution in [3.63, 3.8) is 0 Å². The van der Waals surface area contributed by atoms with E-state index in [0.29, 0.717) is 38.3 Å². The number of benzene rings is 1. The first-order valence-corrected chi connectivity index (χ1v) is 6.31. The Morgan fingerprint density at radius 2 is 1.81 bits per heavy atom. The lowest BCUT2D eigenvalue weighted by atomic mass is 10.0. The molecule has 1 heterocycles. The minimum atomic E-state index is -4.56. The van der Waals surface area contributed by atoms with Crippen LogP contribution in [0.1, 0.15) is 17.2 Å². The molecule has 0 amide bonds. The first kappa shape index (κ1) is 18.1. The summed E-state index contributed by atoms with van der Waals surface area (Å²) in [5.74, 6) is -0.806. The molecular weight excluding hydrogens is 315 g/mol. The Balaban J connectivity index is 0.00000220. The van der Waals surface area contributed by atoms with Crippen LogP contribution in [0.2, 0.25) is 0 Å². The summed E-state index contributed by atoms with van der Waals surface area (Å²) in [6.45, 7) is 1.25. The zero-order valence-corrected chi connectivity index (χ0v) is 11.9. The number of rotatable bonds is 3. The zero-order valence-electron chi connectivity index (χ0n) is 11.1. The molecule has 2 rings (SSSR count). The third-order valence-electron chi connectivity index (χ3n) is 3.42. The Hall–Kier alpha value is -0.920. The molecule has 1 aliphatic heterocycles. The molecular formula is C13H16ClF5N2. The van der Waals surface area contributed by atoms with Gasteiger partial charge in [-0.2, -0.15) is 13.2 Å². The van der Waals surface area contributed by atoms with E-state index in [2.05, 4.69) is 5.32 Å². The largest absolute Gasteiger partial charge is 0.416 e. The number of nitrogens with one attached hydrogen (secondary N) is 1. The van der Waals surface area contributed by atoms with E-state index in [4.69, 9.17) is 0 Å². The quantitative estimate of drug-likeness (QED) is 0.856. The molecule has 1 aromatic carbocycles. The monoisotopic (exact) mass is 330 g/mol. The van der Waals surface area contributed by atoms with Crippen molar-refractivity contribution in [3.05, 3.63) is 35.1 Å². The van der Waals surface area contributed by atoms with Gasteiger partial charge in [0, 0.05) is 31.7 Å². The lowest BCUT2D eigenvalue weighted by Crippen LogP contribution is -2.45. The van der Waals surface area contributed by atoms with Gasteiger partial charge in [0.2, 0.25) is 0 Å². The molecule has 0 saturated carbocycles. The summed E-state index contributed by atoms with van der Waals surface area (Å²) < 4.78 is 65.0. The van der Waals surface area contributed by atoms with E-state index < -0.39 is 30.3 Å². The smallest absolute Gasteiger partial charge is 0.314 e. The highest BCUT2D eigenvalue weighted by atomic mass is 35.5. The van der Waals surface area contributed by atoms with Crippen LogP contribution in [0.4, 0.5) is 22.0 Å². The normalized spacial score (nSPS) is 18.1. The minimum Gasteiger partial charge on any atom is -0.314 e.